The number of amides is 1. The first-order chi connectivity index (χ1) is 14.3. The summed E-state index contributed by atoms with van der Waals surface area (Å²) in [5.41, 5.74) is 1.74. The Balaban J connectivity index is 1.39. The van der Waals surface area contributed by atoms with E-state index in [0.29, 0.717) is 12.2 Å². The number of carbonyl (C=O) groups excluding carboxylic acids is 1. The number of fused-ring (bicyclic) bond motifs is 1. The molecule has 7 heteroatoms. The molecule has 144 valence electrons. The molecule has 1 aromatic carbocycles. The Labute approximate surface area is 176 Å². The molecule has 0 saturated heterocycles. The number of aromatic nitrogens is 1. The number of thioether (sulfide) groups is 1. The Morgan fingerprint density at radius 2 is 2.10 bits per heavy atom. The van der Waals surface area contributed by atoms with Gasteiger partial charge >= 0.3 is 0 Å². The predicted molar refractivity (Wildman–Crippen MR) is 116 cm³/mol. The molecule has 1 aliphatic heterocycles. The van der Waals surface area contributed by atoms with Crippen molar-refractivity contribution >= 4 is 45.6 Å². The van der Waals surface area contributed by atoms with Gasteiger partial charge in [-0.3, -0.25) is 9.78 Å². The Kier molecular flexibility index (Phi) is 4.91. The first kappa shape index (κ1) is 18.1. The van der Waals surface area contributed by atoms with Crippen molar-refractivity contribution < 1.29 is 9.21 Å². The molecule has 0 bridgehead atoms. The van der Waals surface area contributed by atoms with Crippen molar-refractivity contribution in [3.8, 4) is 0 Å². The minimum absolute atomic E-state index is 0.0177. The monoisotopic (exact) mass is 419 g/mol. The average molecular weight is 420 g/mol. The molecule has 0 fully saturated rings. The van der Waals surface area contributed by atoms with Gasteiger partial charge in [0.05, 0.1) is 23.6 Å². The molecule has 1 atom stereocenters. The van der Waals surface area contributed by atoms with Crippen molar-refractivity contribution in [3.05, 3.63) is 83.1 Å². The molecule has 29 heavy (non-hydrogen) atoms. The van der Waals surface area contributed by atoms with Crippen LogP contribution in [-0.4, -0.2) is 27.4 Å². The molecule has 0 saturated carbocycles. The summed E-state index contributed by atoms with van der Waals surface area (Å²) in [7, 11) is 0. The normalized spacial score (nSPS) is 16.3. The topological polar surface area (TPSA) is 58.7 Å². The van der Waals surface area contributed by atoms with Crippen molar-refractivity contribution in [1.82, 2.24) is 9.99 Å². The minimum atomic E-state index is -0.0858. The summed E-state index contributed by atoms with van der Waals surface area (Å²) in [6.45, 7) is 0. The third-order valence-corrected chi connectivity index (χ3v) is 6.84. The van der Waals surface area contributed by atoms with Crippen molar-refractivity contribution in [2.24, 2.45) is 5.10 Å². The van der Waals surface area contributed by atoms with Gasteiger partial charge in [-0.15, -0.1) is 23.1 Å². The van der Waals surface area contributed by atoms with Crippen LogP contribution in [-0.2, 0) is 4.79 Å². The van der Waals surface area contributed by atoms with E-state index in [9.17, 15) is 4.79 Å². The molecule has 0 N–H and O–H groups in total. The highest BCUT2D eigenvalue weighted by Crippen LogP contribution is 2.36. The molecule has 1 amide bonds. The maximum absolute atomic E-state index is 13.1. The zero-order valence-electron chi connectivity index (χ0n) is 15.4. The number of hydrogen-bond donors (Lipinski definition) is 0. The molecule has 4 aromatic rings. The van der Waals surface area contributed by atoms with E-state index in [1.165, 1.54) is 11.8 Å². The van der Waals surface area contributed by atoms with Crippen LogP contribution < -0.4 is 0 Å². The lowest BCUT2D eigenvalue weighted by molar-refractivity contribution is -0.130. The van der Waals surface area contributed by atoms with Crippen LogP contribution in [0, 0.1) is 0 Å². The zero-order valence-corrected chi connectivity index (χ0v) is 17.0. The molecule has 0 aliphatic carbocycles. The fourth-order valence-electron chi connectivity index (χ4n) is 3.44. The van der Waals surface area contributed by atoms with Gasteiger partial charge in [0, 0.05) is 27.8 Å². The number of thiophene rings is 1. The molecule has 4 heterocycles. The van der Waals surface area contributed by atoms with E-state index in [-0.39, 0.29) is 11.9 Å². The number of hydrazone groups is 1. The summed E-state index contributed by atoms with van der Waals surface area (Å²) in [5.74, 6) is 1.01. The van der Waals surface area contributed by atoms with Gasteiger partial charge in [-0.25, -0.2) is 5.01 Å². The first-order valence-corrected chi connectivity index (χ1v) is 11.1. The molecule has 5 nitrogen and oxygen atoms in total. The van der Waals surface area contributed by atoms with E-state index in [2.05, 4.69) is 16.2 Å². The van der Waals surface area contributed by atoms with Gasteiger partial charge in [0.25, 0.3) is 5.91 Å². The maximum Gasteiger partial charge on any atom is 0.253 e. The number of carbonyl (C=O) groups is 1. The minimum Gasteiger partial charge on any atom is -0.463 e. The summed E-state index contributed by atoms with van der Waals surface area (Å²) >= 11 is 3.17. The molecule has 3 aromatic heterocycles. The molecule has 1 aliphatic rings. The summed E-state index contributed by atoms with van der Waals surface area (Å²) in [4.78, 5) is 19.7. The number of nitrogens with zero attached hydrogens (tertiary/aromatic N) is 3. The van der Waals surface area contributed by atoms with Crippen molar-refractivity contribution in [2.75, 3.05) is 5.75 Å². The van der Waals surface area contributed by atoms with Crippen LogP contribution in [0.15, 0.2) is 86.9 Å². The van der Waals surface area contributed by atoms with Gasteiger partial charge in [-0.2, -0.15) is 5.10 Å². The van der Waals surface area contributed by atoms with Crippen LogP contribution in [0.5, 0.6) is 0 Å². The van der Waals surface area contributed by atoms with Crippen LogP contribution in [0.4, 0.5) is 0 Å². The van der Waals surface area contributed by atoms with Crippen molar-refractivity contribution in [2.45, 2.75) is 17.4 Å². The van der Waals surface area contributed by atoms with Gasteiger partial charge in [0.15, 0.2) is 0 Å². The lowest BCUT2D eigenvalue weighted by Gasteiger charge is -2.20. The van der Waals surface area contributed by atoms with Gasteiger partial charge in [0.2, 0.25) is 0 Å². The largest absolute Gasteiger partial charge is 0.463 e. The number of para-hydroxylation sites is 1. The Hall–Kier alpha value is -2.90. The Bertz CT molecular complexity index is 1160. The maximum atomic E-state index is 13.1. The van der Waals surface area contributed by atoms with Crippen molar-refractivity contribution in [1.29, 1.82) is 0 Å². The molecule has 5 rings (SSSR count). The second-order valence-electron chi connectivity index (χ2n) is 6.61. The second-order valence-corrected chi connectivity index (χ2v) is 8.61. The van der Waals surface area contributed by atoms with E-state index in [0.717, 1.165) is 32.1 Å². The van der Waals surface area contributed by atoms with E-state index in [4.69, 9.17) is 4.42 Å². The quantitative estimate of drug-likeness (QED) is 0.409. The van der Waals surface area contributed by atoms with Gasteiger partial charge in [-0.05, 0) is 35.7 Å². The summed E-state index contributed by atoms with van der Waals surface area (Å²) in [6.07, 6.45) is 4.07. The molecule has 1 unspecified atom stereocenters. The number of rotatable bonds is 5. The van der Waals surface area contributed by atoms with E-state index < -0.39 is 0 Å². The highest BCUT2D eigenvalue weighted by molar-refractivity contribution is 8.00. The van der Waals surface area contributed by atoms with E-state index in [1.807, 2.05) is 53.9 Å². The molecule has 0 spiro atoms. The SMILES string of the molecule is O=C(CSc1ccnc2ccccc12)N1N=C(c2ccco2)CC1c1cccs1. The lowest BCUT2D eigenvalue weighted by atomic mass is 10.1. The van der Waals surface area contributed by atoms with Crippen LogP contribution in [0.1, 0.15) is 23.1 Å². The smallest absolute Gasteiger partial charge is 0.253 e. The Morgan fingerprint density at radius 1 is 1.17 bits per heavy atom. The third-order valence-electron chi connectivity index (χ3n) is 4.80. The fraction of sp³-hybridized carbons (Fsp3) is 0.136. The molecular formula is C22H17N3O2S2. The summed E-state index contributed by atoms with van der Waals surface area (Å²) in [6, 6.07) is 17.6. The number of pyridine rings is 1. The number of hydrogen-bond acceptors (Lipinski definition) is 6. The zero-order chi connectivity index (χ0) is 19.6. The third kappa shape index (κ3) is 3.59. The van der Waals surface area contributed by atoms with Crippen LogP contribution in [0.25, 0.3) is 10.9 Å². The van der Waals surface area contributed by atoms with Crippen molar-refractivity contribution in [3.63, 3.8) is 0 Å². The molecular weight excluding hydrogens is 402 g/mol. The Morgan fingerprint density at radius 3 is 2.93 bits per heavy atom. The second kappa shape index (κ2) is 7.85. The van der Waals surface area contributed by atoms with Gasteiger partial charge in [0.1, 0.15) is 11.5 Å². The number of benzene rings is 1. The summed E-state index contributed by atoms with van der Waals surface area (Å²) < 4.78 is 5.51. The summed E-state index contributed by atoms with van der Waals surface area (Å²) in [5, 5.41) is 9.34. The van der Waals surface area contributed by atoms with Crippen LogP contribution in [0.3, 0.4) is 0 Å². The van der Waals surface area contributed by atoms with Crippen LogP contribution in [0.2, 0.25) is 0 Å². The highest BCUT2D eigenvalue weighted by atomic mass is 32.2. The fourth-order valence-corrected chi connectivity index (χ4v) is 5.14. The molecule has 0 radical (unpaired) electrons. The standard InChI is InChI=1S/C22H17N3O2S2/c26-22(14-29-20-9-10-23-16-6-2-1-5-15(16)20)25-18(21-8-4-12-28-21)13-17(24-25)19-7-3-11-27-19/h1-12,18H,13-14H2. The predicted octanol–water partition coefficient (Wildman–Crippen LogP) is 5.36. The van der Waals surface area contributed by atoms with E-state index in [1.54, 1.807) is 28.8 Å². The highest BCUT2D eigenvalue weighted by Gasteiger charge is 2.34. The van der Waals surface area contributed by atoms with Gasteiger partial charge < -0.3 is 4.42 Å². The first-order valence-electron chi connectivity index (χ1n) is 9.23. The lowest BCUT2D eigenvalue weighted by Crippen LogP contribution is -2.28. The van der Waals surface area contributed by atoms with E-state index >= 15 is 0 Å². The van der Waals surface area contributed by atoms with Crippen LogP contribution >= 0.6 is 23.1 Å². The number of furan rings is 1. The van der Waals surface area contributed by atoms with Gasteiger partial charge in [-0.1, -0.05) is 24.3 Å². The average Bonchev–Trinajstić information content (AvgIpc) is 3.52.